The fraction of sp³-hybridized carbons (Fsp3) is 0.308. The number of ether oxygens (including phenoxy) is 1. The Balaban J connectivity index is 3.25. The van der Waals surface area contributed by atoms with Crippen LogP contribution in [-0.4, -0.2) is 19.6 Å². The molecule has 1 N–H and O–H groups in total. The zero-order chi connectivity index (χ0) is 13.0. The molecule has 0 aliphatic heterocycles. The van der Waals surface area contributed by atoms with Gasteiger partial charge >= 0.3 is 0 Å². The molecule has 3 nitrogen and oxygen atoms in total. The van der Waals surface area contributed by atoms with Crippen LogP contribution in [0.3, 0.4) is 0 Å². The third-order valence-corrected chi connectivity index (χ3v) is 3.08. The molecule has 0 bridgehead atoms. The van der Waals surface area contributed by atoms with Crippen LogP contribution in [0.2, 0.25) is 5.02 Å². The van der Waals surface area contributed by atoms with Crippen molar-refractivity contribution in [2.45, 2.75) is 13.8 Å². The summed E-state index contributed by atoms with van der Waals surface area (Å²) in [4.78, 5) is 12.0. The largest absolute Gasteiger partial charge is 0.496 e. The molecule has 0 saturated heterocycles. The molecule has 92 valence electrons. The fourth-order valence-corrected chi connectivity index (χ4v) is 1.77. The van der Waals surface area contributed by atoms with Gasteiger partial charge in [0.2, 0.25) is 0 Å². The van der Waals surface area contributed by atoms with Crippen LogP contribution in [-0.2, 0) is 0 Å². The number of hydrogen-bond acceptors (Lipinski definition) is 2. The van der Waals surface area contributed by atoms with Crippen molar-refractivity contribution in [1.82, 2.24) is 5.32 Å². The SMILES string of the molecule is C=CCNC(=O)c1c(OC)cc(C)c(Cl)c1C. The normalized spacial score (nSPS) is 9.88. The minimum atomic E-state index is -0.207. The zero-order valence-electron chi connectivity index (χ0n) is 10.3. The van der Waals surface area contributed by atoms with Crippen LogP contribution in [0.1, 0.15) is 21.5 Å². The number of benzene rings is 1. The molecule has 0 unspecified atom stereocenters. The standard InChI is InChI=1S/C13H16ClNO2/c1-5-6-15-13(16)11-9(3)12(14)8(2)7-10(11)17-4/h5,7H,1,6H2,2-4H3,(H,15,16). The van der Waals surface area contributed by atoms with Crippen LogP contribution in [0, 0.1) is 13.8 Å². The Morgan fingerprint density at radius 1 is 1.59 bits per heavy atom. The molecule has 0 radical (unpaired) electrons. The molecular weight excluding hydrogens is 238 g/mol. The minimum Gasteiger partial charge on any atom is -0.496 e. The van der Waals surface area contributed by atoms with Gasteiger partial charge in [-0.2, -0.15) is 0 Å². The first-order valence-corrected chi connectivity index (χ1v) is 5.63. The highest BCUT2D eigenvalue weighted by Gasteiger charge is 2.18. The van der Waals surface area contributed by atoms with Crippen molar-refractivity contribution in [2.24, 2.45) is 0 Å². The first-order valence-electron chi connectivity index (χ1n) is 5.25. The van der Waals surface area contributed by atoms with E-state index in [9.17, 15) is 4.79 Å². The van der Waals surface area contributed by atoms with E-state index >= 15 is 0 Å². The van der Waals surface area contributed by atoms with E-state index in [4.69, 9.17) is 16.3 Å². The molecule has 0 heterocycles. The molecule has 1 amide bonds. The minimum absolute atomic E-state index is 0.207. The summed E-state index contributed by atoms with van der Waals surface area (Å²) in [6.45, 7) is 7.65. The lowest BCUT2D eigenvalue weighted by Crippen LogP contribution is -2.24. The van der Waals surface area contributed by atoms with Crippen molar-refractivity contribution in [2.75, 3.05) is 13.7 Å². The maximum absolute atomic E-state index is 12.0. The van der Waals surface area contributed by atoms with E-state index in [-0.39, 0.29) is 5.91 Å². The number of rotatable bonds is 4. The fourth-order valence-electron chi connectivity index (χ4n) is 1.62. The summed E-state index contributed by atoms with van der Waals surface area (Å²) in [7, 11) is 1.53. The topological polar surface area (TPSA) is 38.3 Å². The molecule has 17 heavy (non-hydrogen) atoms. The van der Waals surface area contributed by atoms with Crippen molar-refractivity contribution in [3.63, 3.8) is 0 Å². The van der Waals surface area contributed by atoms with E-state index in [1.807, 2.05) is 6.92 Å². The van der Waals surface area contributed by atoms with Gasteiger partial charge in [0.1, 0.15) is 5.75 Å². The third kappa shape index (κ3) is 2.80. The van der Waals surface area contributed by atoms with E-state index in [0.29, 0.717) is 22.9 Å². The molecule has 1 aromatic rings. The molecule has 0 aliphatic carbocycles. The van der Waals surface area contributed by atoms with Crippen LogP contribution in [0.15, 0.2) is 18.7 Å². The Labute approximate surface area is 106 Å². The Hall–Kier alpha value is -1.48. The predicted octanol–water partition coefficient (Wildman–Crippen LogP) is 2.88. The van der Waals surface area contributed by atoms with Gasteiger partial charge in [-0.25, -0.2) is 0 Å². The van der Waals surface area contributed by atoms with Gasteiger partial charge < -0.3 is 10.1 Å². The molecule has 0 atom stereocenters. The highest BCUT2D eigenvalue weighted by Crippen LogP contribution is 2.31. The molecule has 0 aromatic heterocycles. The smallest absolute Gasteiger partial charge is 0.255 e. The second kappa shape index (κ2) is 5.73. The maximum atomic E-state index is 12.0. The summed E-state index contributed by atoms with van der Waals surface area (Å²) >= 11 is 6.13. The quantitative estimate of drug-likeness (QED) is 0.838. The highest BCUT2D eigenvalue weighted by atomic mass is 35.5. The van der Waals surface area contributed by atoms with Crippen molar-refractivity contribution in [3.8, 4) is 5.75 Å². The van der Waals surface area contributed by atoms with Crippen LogP contribution >= 0.6 is 11.6 Å². The molecule has 1 rings (SSSR count). The lowest BCUT2D eigenvalue weighted by atomic mass is 10.0. The maximum Gasteiger partial charge on any atom is 0.255 e. The zero-order valence-corrected chi connectivity index (χ0v) is 11.0. The summed E-state index contributed by atoms with van der Waals surface area (Å²) in [5, 5.41) is 3.31. The van der Waals surface area contributed by atoms with Gasteiger partial charge in [0.25, 0.3) is 5.91 Å². The summed E-state index contributed by atoms with van der Waals surface area (Å²) in [6.07, 6.45) is 1.62. The van der Waals surface area contributed by atoms with E-state index < -0.39 is 0 Å². The predicted molar refractivity (Wildman–Crippen MR) is 70.0 cm³/mol. The number of carbonyl (C=O) groups excluding carboxylic acids is 1. The number of methoxy groups -OCH3 is 1. The molecule has 0 aliphatic rings. The number of hydrogen-bond donors (Lipinski definition) is 1. The van der Waals surface area contributed by atoms with Crippen LogP contribution in [0.4, 0.5) is 0 Å². The third-order valence-electron chi connectivity index (χ3n) is 2.50. The molecule has 0 saturated carbocycles. The monoisotopic (exact) mass is 253 g/mol. The number of aryl methyl sites for hydroxylation is 1. The van der Waals surface area contributed by atoms with Crippen LogP contribution < -0.4 is 10.1 Å². The second-order valence-corrected chi connectivity index (χ2v) is 4.09. The van der Waals surface area contributed by atoms with Crippen molar-refractivity contribution in [3.05, 3.63) is 40.4 Å². The number of carbonyl (C=O) groups is 1. The molecule has 4 heteroatoms. The van der Waals surface area contributed by atoms with Crippen LogP contribution in [0.25, 0.3) is 0 Å². The average molecular weight is 254 g/mol. The first-order chi connectivity index (χ1) is 8.02. The van der Waals surface area contributed by atoms with E-state index in [0.717, 1.165) is 11.1 Å². The van der Waals surface area contributed by atoms with Crippen molar-refractivity contribution < 1.29 is 9.53 Å². The van der Waals surface area contributed by atoms with Gasteiger partial charge in [0, 0.05) is 11.6 Å². The molecule has 1 aromatic carbocycles. The van der Waals surface area contributed by atoms with Gasteiger partial charge in [0.05, 0.1) is 12.7 Å². The van der Waals surface area contributed by atoms with E-state index in [1.165, 1.54) is 7.11 Å². The first kappa shape index (κ1) is 13.6. The van der Waals surface area contributed by atoms with Gasteiger partial charge in [0.15, 0.2) is 0 Å². The van der Waals surface area contributed by atoms with Crippen molar-refractivity contribution >= 4 is 17.5 Å². The summed E-state index contributed by atoms with van der Waals surface area (Å²) in [6, 6.07) is 1.76. The lowest BCUT2D eigenvalue weighted by molar-refractivity contribution is 0.0954. The van der Waals surface area contributed by atoms with Gasteiger partial charge in [-0.1, -0.05) is 17.7 Å². The highest BCUT2D eigenvalue weighted by molar-refractivity contribution is 6.32. The van der Waals surface area contributed by atoms with Gasteiger partial charge in [-0.05, 0) is 31.0 Å². The number of nitrogens with one attached hydrogen (secondary N) is 1. The number of amides is 1. The molecule has 0 fully saturated rings. The van der Waals surface area contributed by atoms with E-state index in [1.54, 1.807) is 19.1 Å². The summed E-state index contributed by atoms with van der Waals surface area (Å²) in [5.74, 6) is 0.326. The van der Waals surface area contributed by atoms with Gasteiger partial charge in [-0.3, -0.25) is 4.79 Å². The Morgan fingerprint density at radius 2 is 2.24 bits per heavy atom. The van der Waals surface area contributed by atoms with Crippen molar-refractivity contribution in [1.29, 1.82) is 0 Å². The molecule has 0 spiro atoms. The van der Waals surface area contributed by atoms with E-state index in [2.05, 4.69) is 11.9 Å². The summed E-state index contributed by atoms with van der Waals surface area (Å²) < 4.78 is 5.22. The Bertz CT molecular complexity index is 455. The lowest BCUT2D eigenvalue weighted by Gasteiger charge is -2.14. The second-order valence-electron chi connectivity index (χ2n) is 3.71. The molecular formula is C13H16ClNO2. The Morgan fingerprint density at radius 3 is 2.76 bits per heavy atom. The van der Waals surface area contributed by atoms with Crippen LogP contribution in [0.5, 0.6) is 5.75 Å². The average Bonchev–Trinajstić information content (AvgIpc) is 2.32. The Kier molecular flexibility index (Phi) is 4.58. The van der Waals surface area contributed by atoms with Gasteiger partial charge in [-0.15, -0.1) is 6.58 Å². The summed E-state index contributed by atoms with van der Waals surface area (Å²) in [5.41, 5.74) is 2.09. The number of halogens is 1.